The summed E-state index contributed by atoms with van der Waals surface area (Å²) in [6, 6.07) is 57.7. The molecule has 0 N–H and O–H groups in total. The van der Waals surface area contributed by atoms with Crippen molar-refractivity contribution >= 4 is 38.6 Å². The molecule has 54 heavy (non-hydrogen) atoms. The van der Waals surface area contributed by atoms with Crippen molar-refractivity contribution in [1.29, 1.82) is 0 Å². The van der Waals surface area contributed by atoms with Gasteiger partial charge in [-0.25, -0.2) is 0 Å². The standard InChI is InChI=1S/C53H43N/c1-51(2)43-21-13-11-19-38(43)39-25-23-35(30-46(39)51)54(36-24-26-40-42-27-32-15-7-8-16-33(32)28-45(42)53(5,6)47(40)31-36)50-37-18-10-9-17-34(37)29-48-49(50)41-20-12-14-22-44(41)52(48,3)4/h7-31H,1-6H3. The minimum absolute atomic E-state index is 0.119. The van der Waals surface area contributed by atoms with Crippen LogP contribution >= 0.6 is 0 Å². The lowest BCUT2D eigenvalue weighted by atomic mass is 9.81. The Morgan fingerprint density at radius 1 is 0.333 bits per heavy atom. The Kier molecular flexibility index (Phi) is 6.21. The van der Waals surface area contributed by atoms with Crippen LogP contribution in [0.4, 0.5) is 17.1 Å². The fraction of sp³-hybridized carbons (Fsp3) is 0.170. The summed E-state index contributed by atoms with van der Waals surface area (Å²) in [6.45, 7) is 14.4. The number of rotatable bonds is 3. The predicted molar refractivity (Wildman–Crippen MR) is 229 cm³/mol. The quantitative estimate of drug-likeness (QED) is 0.178. The van der Waals surface area contributed by atoms with E-state index in [1.165, 1.54) is 105 Å². The first-order valence-corrected chi connectivity index (χ1v) is 19.4. The minimum atomic E-state index is -0.159. The van der Waals surface area contributed by atoms with Crippen LogP contribution in [0.15, 0.2) is 152 Å². The third kappa shape index (κ3) is 4.05. The molecule has 0 saturated heterocycles. The highest BCUT2D eigenvalue weighted by Crippen LogP contribution is 2.59. The molecule has 8 aromatic carbocycles. The molecule has 0 amide bonds. The molecule has 11 rings (SSSR count). The summed E-state index contributed by atoms with van der Waals surface area (Å²) in [5, 5.41) is 5.13. The second-order valence-electron chi connectivity index (χ2n) is 17.4. The molecule has 3 aliphatic carbocycles. The molecule has 0 saturated carbocycles. The van der Waals surface area contributed by atoms with Gasteiger partial charge in [-0.2, -0.15) is 0 Å². The van der Waals surface area contributed by atoms with Gasteiger partial charge in [0, 0.05) is 38.6 Å². The Morgan fingerprint density at radius 3 is 1.46 bits per heavy atom. The van der Waals surface area contributed by atoms with Gasteiger partial charge in [0.05, 0.1) is 5.69 Å². The number of benzene rings is 8. The van der Waals surface area contributed by atoms with E-state index < -0.39 is 0 Å². The maximum Gasteiger partial charge on any atom is 0.0621 e. The van der Waals surface area contributed by atoms with E-state index in [0.717, 1.165) is 0 Å². The van der Waals surface area contributed by atoms with E-state index in [1.54, 1.807) is 0 Å². The number of nitrogens with zero attached hydrogens (tertiary/aromatic N) is 1. The smallest absolute Gasteiger partial charge is 0.0621 e. The zero-order valence-electron chi connectivity index (χ0n) is 31.9. The Morgan fingerprint density at radius 2 is 0.778 bits per heavy atom. The van der Waals surface area contributed by atoms with Gasteiger partial charge in [0.1, 0.15) is 0 Å². The van der Waals surface area contributed by atoms with E-state index in [0.29, 0.717) is 0 Å². The maximum absolute atomic E-state index is 2.61. The van der Waals surface area contributed by atoms with Crippen LogP contribution in [-0.4, -0.2) is 0 Å². The van der Waals surface area contributed by atoms with Gasteiger partial charge in [-0.1, -0.05) is 151 Å². The lowest BCUT2D eigenvalue weighted by molar-refractivity contribution is 0.660. The number of hydrogen-bond acceptors (Lipinski definition) is 1. The topological polar surface area (TPSA) is 3.24 Å². The van der Waals surface area contributed by atoms with Gasteiger partial charge in [0.2, 0.25) is 0 Å². The number of fused-ring (bicyclic) bond motifs is 11. The van der Waals surface area contributed by atoms with E-state index in [4.69, 9.17) is 0 Å². The molecule has 0 atom stereocenters. The van der Waals surface area contributed by atoms with Crippen LogP contribution in [-0.2, 0) is 16.2 Å². The van der Waals surface area contributed by atoms with Crippen molar-refractivity contribution in [2.24, 2.45) is 0 Å². The molecule has 0 heterocycles. The summed E-state index contributed by atoms with van der Waals surface area (Å²) >= 11 is 0. The minimum Gasteiger partial charge on any atom is -0.309 e. The van der Waals surface area contributed by atoms with Crippen LogP contribution in [0, 0.1) is 0 Å². The molecule has 0 bridgehead atoms. The fourth-order valence-corrected chi connectivity index (χ4v) is 10.5. The molecule has 0 spiro atoms. The van der Waals surface area contributed by atoms with Gasteiger partial charge in [-0.15, -0.1) is 0 Å². The van der Waals surface area contributed by atoms with Gasteiger partial charge in [0.25, 0.3) is 0 Å². The van der Waals surface area contributed by atoms with Crippen LogP contribution in [0.3, 0.4) is 0 Å². The van der Waals surface area contributed by atoms with E-state index in [-0.39, 0.29) is 16.2 Å². The third-order valence-corrected chi connectivity index (χ3v) is 13.4. The van der Waals surface area contributed by atoms with Gasteiger partial charge in [0.15, 0.2) is 0 Å². The number of hydrogen-bond donors (Lipinski definition) is 0. The Bertz CT molecular complexity index is 2920. The zero-order valence-corrected chi connectivity index (χ0v) is 31.9. The summed E-state index contributed by atoms with van der Waals surface area (Å²) in [5.74, 6) is 0. The Balaban J connectivity index is 1.22. The van der Waals surface area contributed by atoms with Crippen molar-refractivity contribution in [2.45, 2.75) is 57.8 Å². The third-order valence-electron chi connectivity index (χ3n) is 13.4. The first kappa shape index (κ1) is 31.6. The largest absolute Gasteiger partial charge is 0.309 e. The summed E-state index contributed by atoms with van der Waals surface area (Å²) < 4.78 is 0. The second kappa shape index (κ2) is 10.6. The van der Waals surface area contributed by atoms with Gasteiger partial charge < -0.3 is 4.90 Å². The average Bonchev–Trinajstić information content (AvgIpc) is 3.66. The lowest BCUT2D eigenvalue weighted by Crippen LogP contribution is -2.19. The second-order valence-corrected chi connectivity index (χ2v) is 17.4. The summed E-state index contributed by atoms with van der Waals surface area (Å²) in [6.07, 6.45) is 0. The van der Waals surface area contributed by atoms with Crippen molar-refractivity contribution < 1.29 is 0 Å². The highest BCUT2D eigenvalue weighted by Gasteiger charge is 2.41. The van der Waals surface area contributed by atoms with Gasteiger partial charge in [-0.3, -0.25) is 0 Å². The molecule has 3 aliphatic rings. The van der Waals surface area contributed by atoms with Gasteiger partial charge in [-0.05, 0) is 120 Å². The lowest BCUT2D eigenvalue weighted by Gasteiger charge is -2.32. The molecule has 0 aliphatic heterocycles. The van der Waals surface area contributed by atoms with E-state index in [9.17, 15) is 0 Å². The SMILES string of the molecule is CC1(C)c2ccccc2-c2ccc(N(c3ccc4c(c3)C(C)(C)c3cc5ccccc5cc3-4)c3c4c(cc5ccccc35)C(C)(C)c3ccccc3-4)cc21. The molecule has 1 heteroatoms. The molecular weight excluding hydrogens is 651 g/mol. The predicted octanol–water partition coefficient (Wildman–Crippen LogP) is 14.4. The molecule has 0 radical (unpaired) electrons. The fourth-order valence-electron chi connectivity index (χ4n) is 10.5. The van der Waals surface area contributed by atoms with Crippen LogP contribution < -0.4 is 4.90 Å². The summed E-state index contributed by atoms with van der Waals surface area (Å²) in [7, 11) is 0. The molecule has 0 aromatic heterocycles. The van der Waals surface area contributed by atoms with E-state index >= 15 is 0 Å². The molecule has 1 nitrogen and oxygen atoms in total. The molecular formula is C53H43N. The maximum atomic E-state index is 2.61. The van der Waals surface area contributed by atoms with Gasteiger partial charge >= 0.3 is 0 Å². The van der Waals surface area contributed by atoms with Crippen molar-refractivity contribution in [2.75, 3.05) is 4.90 Å². The van der Waals surface area contributed by atoms with Crippen LogP contribution in [0.5, 0.6) is 0 Å². The first-order chi connectivity index (χ1) is 26.0. The van der Waals surface area contributed by atoms with Crippen molar-refractivity contribution in [3.8, 4) is 33.4 Å². The monoisotopic (exact) mass is 693 g/mol. The molecule has 0 fully saturated rings. The van der Waals surface area contributed by atoms with Crippen molar-refractivity contribution in [1.82, 2.24) is 0 Å². The highest BCUT2D eigenvalue weighted by molar-refractivity contribution is 6.10. The molecule has 8 aromatic rings. The van der Waals surface area contributed by atoms with Crippen LogP contribution in [0.1, 0.15) is 74.9 Å². The summed E-state index contributed by atoms with van der Waals surface area (Å²) in [4.78, 5) is 2.61. The Labute approximate surface area is 318 Å². The Hall–Kier alpha value is -5.92. The van der Waals surface area contributed by atoms with Crippen molar-refractivity contribution in [3.05, 3.63) is 185 Å². The van der Waals surface area contributed by atoms with E-state index in [2.05, 4.69) is 198 Å². The first-order valence-electron chi connectivity index (χ1n) is 19.4. The van der Waals surface area contributed by atoms with Crippen LogP contribution in [0.25, 0.3) is 54.9 Å². The molecule has 260 valence electrons. The van der Waals surface area contributed by atoms with Crippen LogP contribution in [0.2, 0.25) is 0 Å². The number of anilines is 3. The zero-order chi connectivity index (χ0) is 36.7. The van der Waals surface area contributed by atoms with Crippen molar-refractivity contribution in [3.63, 3.8) is 0 Å². The summed E-state index contributed by atoms with van der Waals surface area (Å²) in [5.41, 5.74) is 19.6. The highest BCUT2D eigenvalue weighted by atomic mass is 15.1. The van der Waals surface area contributed by atoms with E-state index in [1.807, 2.05) is 0 Å². The normalized spacial score (nSPS) is 16.0. The molecule has 0 unspecified atom stereocenters. The average molecular weight is 694 g/mol.